The Morgan fingerprint density at radius 3 is 2.85 bits per heavy atom. The van der Waals surface area contributed by atoms with Gasteiger partial charge in [0.15, 0.2) is 15.5 Å². The standard InChI is InChI=1S/C13H18N4O2S/c1-9(2)17-13-10(6-15-17)5-12(7-14-13)16-11-3-4-20(18,19)8-11/h5-7,9,11,16H,3-4,8H2,1-2H3. The first kappa shape index (κ1) is 13.4. The number of rotatable bonds is 3. The van der Waals surface area contributed by atoms with E-state index in [1.54, 1.807) is 12.4 Å². The molecule has 0 bridgehead atoms. The minimum absolute atomic E-state index is 0.0145. The SMILES string of the molecule is CC(C)n1ncc2cc(NC3CCS(=O)(=O)C3)cnc21. The lowest BCUT2D eigenvalue weighted by atomic mass is 10.2. The van der Waals surface area contributed by atoms with E-state index >= 15 is 0 Å². The van der Waals surface area contributed by atoms with Gasteiger partial charge in [-0.15, -0.1) is 0 Å². The van der Waals surface area contributed by atoms with Gasteiger partial charge in [-0.3, -0.25) is 0 Å². The molecule has 2 aromatic heterocycles. The van der Waals surface area contributed by atoms with Crippen LogP contribution in [0, 0.1) is 0 Å². The topological polar surface area (TPSA) is 76.9 Å². The molecule has 0 radical (unpaired) electrons. The number of aromatic nitrogens is 3. The molecule has 108 valence electrons. The maximum atomic E-state index is 11.5. The molecule has 3 rings (SSSR count). The Balaban J connectivity index is 1.83. The third-order valence-corrected chi connectivity index (χ3v) is 5.29. The quantitative estimate of drug-likeness (QED) is 0.930. The molecule has 7 heteroatoms. The monoisotopic (exact) mass is 294 g/mol. The molecule has 0 saturated carbocycles. The molecule has 0 aromatic carbocycles. The molecule has 0 aliphatic carbocycles. The summed E-state index contributed by atoms with van der Waals surface area (Å²) in [5.41, 5.74) is 1.70. The van der Waals surface area contributed by atoms with Crippen LogP contribution in [0.2, 0.25) is 0 Å². The fourth-order valence-corrected chi connectivity index (χ4v) is 4.21. The lowest BCUT2D eigenvalue weighted by Gasteiger charge is -2.12. The van der Waals surface area contributed by atoms with Crippen molar-refractivity contribution in [3.8, 4) is 0 Å². The lowest BCUT2D eigenvalue weighted by Crippen LogP contribution is -2.20. The normalized spacial score (nSPS) is 21.6. The second-order valence-electron chi connectivity index (χ2n) is 5.56. The van der Waals surface area contributed by atoms with Crippen LogP contribution >= 0.6 is 0 Å². The first-order valence-electron chi connectivity index (χ1n) is 6.75. The molecular formula is C13H18N4O2S. The third kappa shape index (κ3) is 2.49. The summed E-state index contributed by atoms with van der Waals surface area (Å²) in [6.45, 7) is 4.12. The smallest absolute Gasteiger partial charge is 0.158 e. The Bertz CT molecular complexity index is 736. The summed E-state index contributed by atoms with van der Waals surface area (Å²) in [4.78, 5) is 4.43. The number of sulfone groups is 1. The average molecular weight is 294 g/mol. The number of nitrogens with one attached hydrogen (secondary N) is 1. The highest BCUT2D eigenvalue weighted by molar-refractivity contribution is 7.91. The predicted octanol–water partition coefficient (Wildman–Crippen LogP) is 1.61. The fourth-order valence-electron chi connectivity index (χ4n) is 2.54. The van der Waals surface area contributed by atoms with Gasteiger partial charge in [0.05, 0.1) is 29.6 Å². The van der Waals surface area contributed by atoms with Crippen molar-refractivity contribution < 1.29 is 8.42 Å². The van der Waals surface area contributed by atoms with Crippen molar-refractivity contribution in [1.29, 1.82) is 0 Å². The summed E-state index contributed by atoms with van der Waals surface area (Å²) in [7, 11) is -2.86. The van der Waals surface area contributed by atoms with Crippen LogP contribution in [0.25, 0.3) is 11.0 Å². The first-order chi connectivity index (χ1) is 9.44. The molecule has 0 amide bonds. The average Bonchev–Trinajstić information content (AvgIpc) is 2.92. The number of pyridine rings is 1. The van der Waals surface area contributed by atoms with Crippen LogP contribution in [0.15, 0.2) is 18.5 Å². The minimum Gasteiger partial charge on any atom is -0.380 e. The summed E-state index contributed by atoms with van der Waals surface area (Å²) in [6.07, 6.45) is 4.19. The van der Waals surface area contributed by atoms with Gasteiger partial charge >= 0.3 is 0 Å². The molecular weight excluding hydrogens is 276 g/mol. The van der Waals surface area contributed by atoms with E-state index in [0.29, 0.717) is 6.42 Å². The summed E-state index contributed by atoms with van der Waals surface area (Å²) >= 11 is 0. The van der Waals surface area contributed by atoms with Crippen LogP contribution in [0.4, 0.5) is 5.69 Å². The van der Waals surface area contributed by atoms with Crippen molar-refractivity contribution >= 4 is 26.6 Å². The number of hydrogen-bond acceptors (Lipinski definition) is 5. The molecule has 1 aliphatic rings. The van der Waals surface area contributed by atoms with Gasteiger partial charge in [0, 0.05) is 17.5 Å². The van der Waals surface area contributed by atoms with Gasteiger partial charge < -0.3 is 5.32 Å². The first-order valence-corrected chi connectivity index (χ1v) is 8.57. The number of hydrogen-bond donors (Lipinski definition) is 1. The zero-order valence-electron chi connectivity index (χ0n) is 11.6. The molecule has 1 fully saturated rings. The van der Waals surface area contributed by atoms with Gasteiger partial charge in [0.25, 0.3) is 0 Å². The molecule has 20 heavy (non-hydrogen) atoms. The van der Waals surface area contributed by atoms with Crippen molar-refractivity contribution in [3.05, 3.63) is 18.5 Å². The van der Waals surface area contributed by atoms with Gasteiger partial charge in [0.1, 0.15) is 0 Å². The van der Waals surface area contributed by atoms with Crippen molar-refractivity contribution in [1.82, 2.24) is 14.8 Å². The van der Waals surface area contributed by atoms with Crippen LogP contribution in [0.1, 0.15) is 26.3 Å². The minimum atomic E-state index is -2.86. The Morgan fingerprint density at radius 2 is 2.20 bits per heavy atom. The summed E-state index contributed by atoms with van der Waals surface area (Å²) in [5, 5.41) is 8.53. The fraction of sp³-hybridized carbons (Fsp3) is 0.538. The Hall–Kier alpha value is -1.63. The van der Waals surface area contributed by atoms with Crippen LogP contribution < -0.4 is 5.32 Å². The van der Waals surface area contributed by atoms with E-state index in [1.807, 2.05) is 10.7 Å². The highest BCUT2D eigenvalue weighted by atomic mass is 32.2. The van der Waals surface area contributed by atoms with Crippen molar-refractivity contribution in [2.24, 2.45) is 0 Å². The lowest BCUT2D eigenvalue weighted by molar-refractivity contribution is 0.546. The summed E-state index contributed by atoms with van der Waals surface area (Å²) in [5.74, 6) is 0.474. The molecule has 0 spiro atoms. The molecule has 2 aromatic rings. The van der Waals surface area contributed by atoms with Crippen LogP contribution in [0.3, 0.4) is 0 Å². The Morgan fingerprint density at radius 1 is 1.40 bits per heavy atom. The van der Waals surface area contributed by atoms with Gasteiger partial charge in [-0.1, -0.05) is 0 Å². The Labute approximate surface area is 118 Å². The number of nitrogens with zero attached hydrogens (tertiary/aromatic N) is 3. The van der Waals surface area contributed by atoms with Crippen molar-refractivity contribution in [3.63, 3.8) is 0 Å². The van der Waals surface area contributed by atoms with E-state index < -0.39 is 9.84 Å². The summed E-state index contributed by atoms with van der Waals surface area (Å²) < 4.78 is 24.8. The van der Waals surface area contributed by atoms with Gasteiger partial charge in [-0.2, -0.15) is 5.10 Å². The zero-order valence-corrected chi connectivity index (χ0v) is 12.4. The van der Waals surface area contributed by atoms with Crippen LogP contribution in [0.5, 0.6) is 0 Å². The summed E-state index contributed by atoms with van der Waals surface area (Å²) in [6, 6.07) is 2.22. The molecule has 1 saturated heterocycles. The van der Waals surface area contributed by atoms with Crippen molar-refractivity contribution in [2.75, 3.05) is 16.8 Å². The molecule has 1 N–H and O–H groups in total. The third-order valence-electron chi connectivity index (χ3n) is 3.53. The second-order valence-corrected chi connectivity index (χ2v) is 7.79. The van der Waals surface area contributed by atoms with Gasteiger partial charge in [-0.05, 0) is 26.3 Å². The molecule has 3 heterocycles. The maximum Gasteiger partial charge on any atom is 0.158 e. The predicted molar refractivity (Wildman–Crippen MR) is 78.6 cm³/mol. The molecule has 1 aliphatic heterocycles. The zero-order chi connectivity index (χ0) is 14.3. The molecule has 1 unspecified atom stereocenters. The van der Waals surface area contributed by atoms with E-state index in [4.69, 9.17) is 0 Å². The largest absolute Gasteiger partial charge is 0.380 e. The van der Waals surface area contributed by atoms with E-state index in [1.165, 1.54) is 0 Å². The van der Waals surface area contributed by atoms with Gasteiger partial charge in [-0.25, -0.2) is 18.1 Å². The Kier molecular flexibility index (Phi) is 3.16. The van der Waals surface area contributed by atoms with Crippen LogP contribution in [-0.4, -0.2) is 40.7 Å². The van der Waals surface area contributed by atoms with E-state index in [0.717, 1.165) is 16.7 Å². The van der Waals surface area contributed by atoms with E-state index in [2.05, 4.69) is 29.2 Å². The molecule has 1 atom stereocenters. The molecule has 6 nitrogen and oxygen atoms in total. The van der Waals surface area contributed by atoms with E-state index in [-0.39, 0.29) is 23.6 Å². The maximum absolute atomic E-state index is 11.5. The number of anilines is 1. The van der Waals surface area contributed by atoms with Crippen molar-refractivity contribution in [2.45, 2.75) is 32.4 Å². The highest BCUT2D eigenvalue weighted by Gasteiger charge is 2.27. The number of fused-ring (bicyclic) bond motifs is 1. The highest BCUT2D eigenvalue weighted by Crippen LogP contribution is 2.21. The second kappa shape index (κ2) is 4.73. The van der Waals surface area contributed by atoms with Gasteiger partial charge in [0.2, 0.25) is 0 Å². The van der Waals surface area contributed by atoms with Crippen LogP contribution in [-0.2, 0) is 9.84 Å². The van der Waals surface area contributed by atoms with E-state index in [9.17, 15) is 8.42 Å².